The van der Waals surface area contributed by atoms with Crippen molar-refractivity contribution < 1.29 is 4.57 Å². The quantitative estimate of drug-likeness (QED) is 0.483. The average molecular weight is 342 g/mol. The number of imidazole rings is 1. The molecule has 3 nitrogen and oxygen atoms in total. The van der Waals surface area contributed by atoms with Crippen LogP contribution in [-0.4, -0.2) is 9.55 Å². The molecule has 0 atom stereocenters. The van der Waals surface area contributed by atoms with Crippen LogP contribution in [0.2, 0.25) is 0 Å². The van der Waals surface area contributed by atoms with Crippen LogP contribution in [0.25, 0.3) is 28.1 Å². The van der Waals surface area contributed by atoms with E-state index in [1.165, 1.54) is 39.2 Å². The van der Waals surface area contributed by atoms with Gasteiger partial charge in [-0.1, -0.05) is 44.2 Å². The Kier molecular flexibility index (Phi) is 4.08. The van der Waals surface area contributed by atoms with E-state index in [0.717, 1.165) is 0 Å². The van der Waals surface area contributed by atoms with Crippen molar-refractivity contribution in [1.29, 1.82) is 0 Å². The minimum Gasteiger partial charge on any atom is -0.264 e. The highest BCUT2D eigenvalue weighted by atomic mass is 15.2. The van der Waals surface area contributed by atoms with Crippen LogP contribution < -0.4 is 4.57 Å². The number of hydrogen-bond acceptors (Lipinski definition) is 1. The van der Waals surface area contributed by atoms with Gasteiger partial charge >= 0.3 is 0 Å². The van der Waals surface area contributed by atoms with Crippen molar-refractivity contribution in [3.8, 4) is 17.1 Å². The minimum absolute atomic E-state index is 0.448. The SMILES string of the molecule is Cc1cnccc1-c1n(-c2ccccc2C(C)C)c2ccccc2[n+]1C. The number of aryl methyl sites for hydroxylation is 2. The van der Waals surface area contributed by atoms with Gasteiger partial charge in [-0.15, -0.1) is 0 Å². The van der Waals surface area contributed by atoms with E-state index in [2.05, 4.69) is 96.5 Å². The van der Waals surface area contributed by atoms with Crippen molar-refractivity contribution in [2.24, 2.45) is 7.05 Å². The fourth-order valence-electron chi connectivity index (χ4n) is 3.76. The van der Waals surface area contributed by atoms with Gasteiger partial charge < -0.3 is 0 Å². The van der Waals surface area contributed by atoms with Crippen LogP contribution in [0.15, 0.2) is 67.0 Å². The van der Waals surface area contributed by atoms with Crippen LogP contribution in [-0.2, 0) is 7.05 Å². The normalized spacial score (nSPS) is 11.4. The van der Waals surface area contributed by atoms with Crippen molar-refractivity contribution in [2.45, 2.75) is 26.7 Å². The molecule has 2 aromatic heterocycles. The molecule has 0 saturated heterocycles. The molecule has 0 spiro atoms. The number of hydrogen-bond donors (Lipinski definition) is 0. The molecule has 0 aliphatic rings. The molecule has 0 N–H and O–H groups in total. The van der Waals surface area contributed by atoms with E-state index in [1.807, 2.05) is 12.4 Å². The Labute approximate surface area is 154 Å². The molecule has 0 fully saturated rings. The predicted molar refractivity (Wildman–Crippen MR) is 107 cm³/mol. The summed E-state index contributed by atoms with van der Waals surface area (Å²) in [6, 6.07) is 19.4. The number of pyridine rings is 1. The summed E-state index contributed by atoms with van der Waals surface area (Å²) in [5.74, 6) is 1.63. The molecular formula is C23H24N3+. The van der Waals surface area contributed by atoms with Crippen LogP contribution >= 0.6 is 0 Å². The highest BCUT2D eigenvalue weighted by molar-refractivity contribution is 5.80. The number of aromatic nitrogens is 3. The monoisotopic (exact) mass is 342 g/mol. The van der Waals surface area contributed by atoms with Gasteiger partial charge in [-0.2, -0.15) is 4.57 Å². The van der Waals surface area contributed by atoms with Crippen molar-refractivity contribution in [3.05, 3.63) is 78.1 Å². The molecule has 2 aromatic carbocycles. The van der Waals surface area contributed by atoms with Crippen LogP contribution in [0.3, 0.4) is 0 Å². The average Bonchev–Trinajstić information content (AvgIpc) is 2.95. The van der Waals surface area contributed by atoms with Gasteiger partial charge in [-0.3, -0.25) is 4.98 Å². The zero-order chi connectivity index (χ0) is 18.3. The highest BCUT2D eigenvalue weighted by Gasteiger charge is 2.28. The first-order chi connectivity index (χ1) is 12.6. The lowest BCUT2D eigenvalue weighted by atomic mass is 10.0. The minimum atomic E-state index is 0.448. The summed E-state index contributed by atoms with van der Waals surface area (Å²) in [5.41, 5.74) is 7.41. The molecule has 0 radical (unpaired) electrons. The summed E-state index contributed by atoms with van der Waals surface area (Å²) in [4.78, 5) is 4.28. The Morgan fingerprint density at radius 1 is 0.962 bits per heavy atom. The number of benzene rings is 2. The van der Waals surface area contributed by atoms with E-state index in [4.69, 9.17) is 0 Å². The first-order valence-corrected chi connectivity index (χ1v) is 9.09. The molecule has 4 rings (SSSR count). The maximum atomic E-state index is 4.28. The van der Waals surface area contributed by atoms with E-state index in [9.17, 15) is 0 Å². The topological polar surface area (TPSA) is 21.7 Å². The second-order valence-electron chi connectivity index (χ2n) is 7.11. The summed E-state index contributed by atoms with van der Waals surface area (Å²) in [5, 5.41) is 0. The number of fused-ring (bicyclic) bond motifs is 1. The van der Waals surface area contributed by atoms with Gasteiger partial charge in [-0.05, 0) is 42.7 Å². The zero-order valence-electron chi connectivity index (χ0n) is 15.8. The van der Waals surface area contributed by atoms with Crippen molar-refractivity contribution >= 4 is 11.0 Å². The van der Waals surface area contributed by atoms with E-state index in [1.54, 1.807) is 0 Å². The summed E-state index contributed by atoms with van der Waals surface area (Å²) in [7, 11) is 2.14. The number of para-hydroxylation sites is 3. The van der Waals surface area contributed by atoms with Crippen LogP contribution in [0.4, 0.5) is 0 Å². The number of nitrogens with zero attached hydrogens (tertiary/aromatic N) is 3. The molecule has 3 heteroatoms. The molecule has 0 bridgehead atoms. The zero-order valence-corrected chi connectivity index (χ0v) is 15.8. The fourth-order valence-corrected chi connectivity index (χ4v) is 3.76. The van der Waals surface area contributed by atoms with Gasteiger partial charge in [0.05, 0.1) is 12.6 Å². The third-order valence-corrected chi connectivity index (χ3v) is 5.07. The molecule has 2 heterocycles. The van der Waals surface area contributed by atoms with Crippen molar-refractivity contribution in [1.82, 2.24) is 9.55 Å². The van der Waals surface area contributed by atoms with Gasteiger partial charge in [-0.25, -0.2) is 4.57 Å². The molecule has 0 unspecified atom stereocenters. The van der Waals surface area contributed by atoms with Crippen LogP contribution in [0.5, 0.6) is 0 Å². The first-order valence-electron chi connectivity index (χ1n) is 9.09. The third kappa shape index (κ3) is 2.51. The molecular weight excluding hydrogens is 318 g/mol. The Bertz CT molecular complexity index is 1090. The standard InChI is InChI=1S/C23H24N3/c1-16(2)18-9-5-6-10-20(18)26-22-12-8-7-11-21(22)25(4)23(26)19-13-14-24-15-17(19)3/h5-16H,1-4H3/q+1. The maximum absolute atomic E-state index is 4.28. The van der Waals surface area contributed by atoms with E-state index in [0.29, 0.717) is 5.92 Å². The third-order valence-electron chi connectivity index (χ3n) is 5.07. The van der Waals surface area contributed by atoms with Crippen molar-refractivity contribution in [2.75, 3.05) is 0 Å². The summed E-state index contributed by atoms with van der Waals surface area (Å²) in [6.45, 7) is 6.63. The lowest BCUT2D eigenvalue weighted by Crippen LogP contribution is -2.30. The largest absolute Gasteiger partial charge is 0.295 e. The van der Waals surface area contributed by atoms with Crippen LogP contribution in [0, 0.1) is 6.92 Å². The summed E-state index contributed by atoms with van der Waals surface area (Å²) < 4.78 is 4.68. The summed E-state index contributed by atoms with van der Waals surface area (Å²) in [6.07, 6.45) is 3.81. The maximum Gasteiger partial charge on any atom is 0.295 e. The van der Waals surface area contributed by atoms with E-state index >= 15 is 0 Å². The Hall–Kier alpha value is -2.94. The second-order valence-corrected chi connectivity index (χ2v) is 7.11. The van der Waals surface area contributed by atoms with Gasteiger partial charge in [0.1, 0.15) is 5.69 Å². The lowest BCUT2D eigenvalue weighted by Gasteiger charge is -2.12. The number of rotatable bonds is 3. The molecule has 130 valence electrons. The lowest BCUT2D eigenvalue weighted by molar-refractivity contribution is -0.633. The summed E-state index contributed by atoms with van der Waals surface area (Å²) >= 11 is 0. The smallest absolute Gasteiger partial charge is 0.264 e. The predicted octanol–water partition coefficient (Wildman–Crippen LogP) is 4.95. The Morgan fingerprint density at radius 2 is 1.69 bits per heavy atom. The second kappa shape index (κ2) is 6.41. The molecule has 0 saturated carbocycles. The van der Waals surface area contributed by atoms with Gasteiger partial charge in [0.15, 0.2) is 11.0 Å². The molecule has 26 heavy (non-hydrogen) atoms. The fraction of sp³-hybridized carbons (Fsp3) is 0.217. The highest BCUT2D eigenvalue weighted by Crippen LogP contribution is 2.32. The van der Waals surface area contributed by atoms with Crippen molar-refractivity contribution in [3.63, 3.8) is 0 Å². The molecule has 4 aromatic rings. The molecule has 0 amide bonds. The van der Waals surface area contributed by atoms with Gasteiger partial charge in [0, 0.05) is 18.0 Å². The van der Waals surface area contributed by atoms with Gasteiger partial charge in [0.25, 0.3) is 5.82 Å². The first kappa shape index (κ1) is 16.5. The van der Waals surface area contributed by atoms with Gasteiger partial charge in [0.2, 0.25) is 0 Å². The molecule has 0 aliphatic carbocycles. The Morgan fingerprint density at radius 3 is 2.46 bits per heavy atom. The molecule has 0 aliphatic heterocycles. The van der Waals surface area contributed by atoms with Crippen LogP contribution in [0.1, 0.15) is 30.9 Å². The van der Waals surface area contributed by atoms with E-state index in [-0.39, 0.29) is 0 Å². The Balaban J connectivity index is 2.16. The van der Waals surface area contributed by atoms with E-state index < -0.39 is 0 Å².